The van der Waals surface area contributed by atoms with Crippen LogP contribution in [0.25, 0.3) is 11.0 Å². The quantitative estimate of drug-likeness (QED) is 0.646. The lowest BCUT2D eigenvalue weighted by molar-refractivity contribution is -0.123. The van der Waals surface area contributed by atoms with Gasteiger partial charge in [0.25, 0.3) is 5.91 Å². The molecule has 2 atom stereocenters. The normalized spacial score (nSPS) is 22.6. The average molecular weight is 450 g/mol. The van der Waals surface area contributed by atoms with Crippen molar-refractivity contribution in [3.05, 3.63) is 65.9 Å². The Morgan fingerprint density at radius 3 is 2.69 bits per heavy atom. The van der Waals surface area contributed by atoms with Gasteiger partial charge in [-0.1, -0.05) is 28.5 Å². The molecule has 2 aromatic rings. The summed E-state index contributed by atoms with van der Waals surface area (Å²) in [6.07, 6.45) is 14.8. The number of imidazole rings is 1. The van der Waals surface area contributed by atoms with E-state index in [1.807, 2.05) is 34.6 Å². The Morgan fingerprint density at radius 1 is 1.16 bits per heavy atom. The standard InChI is InChI=1S/C25H32N5OP/c1-4-27(5-2)20-10-12-28(13-11-20)21-7-9-25-30(17-21)24(31)14-22(32-25)19-6-8-23-26-18(3)15-29(23)16-19/h6-9,14-17,20,25,32H,4-5,10-13H2,1-3H3. The van der Waals surface area contributed by atoms with E-state index in [4.69, 9.17) is 0 Å². The molecule has 1 fully saturated rings. The predicted octanol–water partition coefficient (Wildman–Crippen LogP) is 4.05. The van der Waals surface area contributed by atoms with Gasteiger partial charge in [-0.2, -0.15) is 0 Å². The highest BCUT2D eigenvalue weighted by Gasteiger charge is 2.31. The maximum Gasteiger partial charge on any atom is 0.252 e. The Hall–Kier alpha value is -2.43. The molecule has 5 heterocycles. The second-order valence-corrected chi connectivity index (χ2v) is 10.2. The smallest absolute Gasteiger partial charge is 0.252 e. The van der Waals surface area contributed by atoms with E-state index in [9.17, 15) is 4.79 Å². The van der Waals surface area contributed by atoms with Crippen molar-refractivity contribution in [3.63, 3.8) is 0 Å². The molecule has 1 saturated heterocycles. The molecule has 0 aromatic carbocycles. The highest BCUT2D eigenvalue weighted by atomic mass is 31.1. The molecule has 0 aliphatic carbocycles. The summed E-state index contributed by atoms with van der Waals surface area (Å²) in [4.78, 5) is 24.5. The number of pyridine rings is 1. The Labute approximate surface area is 192 Å². The minimum atomic E-state index is 0.0746. The second kappa shape index (κ2) is 8.84. The molecule has 5 rings (SSSR count). The van der Waals surface area contributed by atoms with Crippen LogP contribution in [0.5, 0.6) is 0 Å². The molecule has 0 spiro atoms. The zero-order chi connectivity index (χ0) is 22.2. The summed E-state index contributed by atoms with van der Waals surface area (Å²) >= 11 is 0. The molecule has 32 heavy (non-hydrogen) atoms. The second-order valence-electron chi connectivity index (χ2n) is 8.81. The summed E-state index contributed by atoms with van der Waals surface area (Å²) in [7, 11) is 0.531. The van der Waals surface area contributed by atoms with Gasteiger partial charge in [0.15, 0.2) is 0 Å². The van der Waals surface area contributed by atoms with Gasteiger partial charge in [0.05, 0.1) is 17.2 Å². The first-order valence-corrected chi connectivity index (χ1v) is 12.8. The minimum Gasteiger partial charge on any atom is -0.370 e. The van der Waals surface area contributed by atoms with Gasteiger partial charge < -0.3 is 19.1 Å². The van der Waals surface area contributed by atoms with Crippen molar-refractivity contribution in [2.75, 3.05) is 26.2 Å². The lowest BCUT2D eigenvalue weighted by atomic mass is 10.0. The molecule has 7 heteroatoms. The third kappa shape index (κ3) is 4.02. The summed E-state index contributed by atoms with van der Waals surface area (Å²) in [5.74, 6) is 0.185. The van der Waals surface area contributed by atoms with Crippen molar-refractivity contribution < 1.29 is 4.79 Å². The molecule has 3 aliphatic heterocycles. The summed E-state index contributed by atoms with van der Waals surface area (Å²) in [6, 6.07) is 4.79. The van der Waals surface area contributed by atoms with Crippen LogP contribution in [-0.4, -0.2) is 68.0 Å². The van der Waals surface area contributed by atoms with E-state index in [1.54, 1.807) is 0 Å². The topological polar surface area (TPSA) is 44.1 Å². The maximum atomic E-state index is 13.1. The number of carbonyl (C=O) groups is 1. The Morgan fingerprint density at radius 2 is 1.94 bits per heavy atom. The number of likely N-dealkylation sites (tertiary alicyclic amines) is 1. The van der Waals surface area contributed by atoms with Gasteiger partial charge in [-0.3, -0.25) is 4.79 Å². The molecule has 1 amide bonds. The van der Waals surface area contributed by atoms with Crippen molar-refractivity contribution >= 4 is 25.4 Å². The highest BCUT2D eigenvalue weighted by Crippen LogP contribution is 2.44. The Bertz CT molecular complexity index is 1100. The van der Waals surface area contributed by atoms with Crippen LogP contribution in [0, 0.1) is 6.92 Å². The molecule has 2 unspecified atom stereocenters. The fourth-order valence-electron chi connectivity index (χ4n) is 5.13. The first kappa shape index (κ1) is 21.4. The van der Waals surface area contributed by atoms with Gasteiger partial charge in [-0.15, -0.1) is 0 Å². The van der Waals surface area contributed by atoms with Crippen LogP contribution in [0.4, 0.5) is 0 Å². The van der Waals surface area contributed by atoms with Gasteiger partial charge in [0, 0.05) is 43.8 Å². The number of allylic oxidation sites excluding steroid dienone is 1. The van der Waals surface area contributed by atoms with Crippen LogP contribution in [0.2, 0.25) is 0 Å². The largest absolute Gasteiger partial charge is 0.370 e. The van der Waals surface area contributed by atoms with Crippen LogP contribution in [-0.2, 0) is 4.79 Å². The number of fused-ring (bicyclic) bond motifs is 2. The van der Waals surface area contributed by atoms with Gasteiger partial charge in [0.1, 0.15) is 5.65 Å². The summed E-state index contributed by atoms with van der Waals surface area (Å²) < 4.78 is 2.05. The van der Waals surface area contributed by atoms with Crippen molar-refractivity contribution in [3.8, 4) is 0 Å². The van der Waals surface area contributed by atoms with Crippen LogP contribution in [0.1, 0.15) is 37.9 Å². The summed E-state index contributed by atoms with van der Waals surface area (Å²) in [5, 5.41) is 1.12. The zero-order valence-electron chi connectivity index (χ0n) is 19.2. The number of amides is 1. The van der Waals surface area contributed by atoms with Crippen molar-refractivity contribution in [2.24, 2.45) is 0 Å². The number of aryl methyl sites for hydroxylation is 1. The van der Waals surface area contributed by atoms with E-state index in [0.717, 1.165) is 48.4 Å². The van der Waals surface area contributed by atoms with Crippen LogP contribution < -0.4 is 0 Å². The molecule has 0 radical (unpaired) electrons. The van der Waals surface area contributed by atoms with E-state index in [-0.39, 0.29) is 11.7 Å². The van der Waals surface area contributed by atoms with Gasteiger partial charge in [-0.25, -0.2) is 4.98 Å². The third-order valence-corrected chi connectivity index (χ3v) is 8.40. The Kier molecular flexibility index (Phi) is 5.92. The van der Waals surface area contributed by atoms with Crippen molar-refractivity contribution in [1.29, 1.82) is 0 Å². The van der Waals surface area contributed by atoms with Gasteiger partial charge in [-0.05, 0) is 61.9 Å². The monoisotopic (exact) mass is 449 g/mol. The SMILES string of the molecule is CCN(CC)C1CCN(C2=CN3C(=O)C=C(c4ccc5nc(C)cn5c4)PC3C=C2)CC1. The molecule has 3 aliphatic rings. The van der Waals surface area contributed by atoms with E-state index >= 15 is 0 Å². The maximum absolute atomic E-state index is 13.1. The van der Waals surface area contributed by atoms with E-state index in [0.29, 0.717) is 14.6 Å². The van der Waals surface area contributed by atoms with Gasteiger partial charge >= 0.3 is 0 Å². The number of carbonyl (C=O) groups excluding carboxylic acids is 1. The number of rotatable bonds is 5. The van der Waals surface area contributed by atoms with Crippen LogP contribution in [0.15, 0.2) is 54.7 Å². The molecule has 0 N–H and O–H groups in total. The van der Waals surface area contributed by atoms with E-state index in [1.165, 1.54) is 18.5 Å². The van der Waals surface area contributed by atoms with E-state index < -0.39 is 0 Å². The first-order valence-electron chi connectivity index (χ1n) is 11.7. The molecular formula is C25H32N5OP. The fourth-order valence-corrected chi connectivity index (χ4v) is 6.50. The molecule has 2 aromatic heterocycles. The zero-order valence-corrected chi connectivity index (χ0v) is 20.2. The van der Waals surface area contributed by atoms with Crippen LogP contribution >= 0.6 is 8.58 Å². The number of hydrogen-bond acceptors (Lipinski definition) is 4. The number of aromatic nitrogens is 2. The van der Waals surface area contributed by atoms with E-state index in [2.05, 4.69) is 59.2 Å². The molecular weight excluding hydrogens is 417 g/mol. The Balaban J connectivity index is 1.30. The third-order valence-electron chi connectivity index (χ3n) is 6.89. The highest BCUT2D eigenvalue weighted by molar-refractivity contribution is 7.51. The molecule has 0 bridgehead atoms. The predicted molar refractivity (Wildman–Crippen MR) is 132 cm³/mol. The first-order chi connectivity index (χ1) is 15.6. The van der Waals surface area contributed by atoms with Crippen molar-refractivity contribution in [2.45, 2.75) is 45.4 Å². The number of hydrogen-bond donors (Lipinski definition) is 0. The summed E-state index contributed by atoms with van der Waals surface area (Å²) in [5.41, 5.74) is 4.21. The lowest BCUT2D eigenvalue weighted by Crippen LogP contribution is -2.45. The number of nitrogens with zero attached hydrogens (tertiary/aromatic N) is 5. The average Bonchev–Trinajstić information content (AvgIpc) is 3.19. The fraction of sp³-hybridized carbons (Fsp3) is 0.440. The lowest BCUT2D eigenvalue weighted by Gasteiger charge is -2.41. The van der Waals surface area contributed by atoms with Gasteiger partial charge in [0.2, 0.25) is 0 Å². The molecule has 168 valence electrons. The number of piperidine rings is 1. The minimum absolute atomic E-state index is 0.0746. The molecule has 0 saturated carbocycles. The summed E-state index contributed by atoms with van der Waals surface area (Å²) in [6.45, 7) is 10.9. The van der Waals surface area contributed by atoms with Crippen molar-refractivity contribution in [1.82, 2.24) is 24.1 Å². The molecule has 6 nitrogen and oxygen atoms in total. The van der Waals surface area contributed by atoms with Crippen LogP contribution in [0.3, 0.4) is 0 Å².